The van der Waals surface area contributed by atoms with Gasteiger partial charge in [-0.3, -0.25) is 0 Å². The van der Waals surface area contributed by atoms with Crippen LogP contribution in [0.15, 0.2) is 0 Å². The Morgan fingerprint density at radius 2 is 0.526 bits per heavy atom. The molecule has 0 bridgehead atoms. The minimum atomic E-state index is 0.532. The van der Waals surface area contributed by atoms with Gasteiger partial charge in [0.25, 0.3) is 0 Å². The minimum Gasteiger partial charge on any atom is -0.0628 e. The third-order valence-corrected chi connectivity index (χ3v) is 10.9. The predicted octanol–water partition coefficient (Wildman–Crippen LogP) is 21.7. The summed E-state index contributed by atoms with van der Waals surface area (Å²) in [6.45, 7) is 64.6. The molecule has 0 aromatic carbocycles. The van der Waals surface area contributed by atoms with E-state index in [4.69, 9.17) is 0 Å². The summed E-state index contributed by atoms with van der Waals surface area (Å²) in [6, 6.07) is 0. The molecule has 0 atom stereocenters. The molecule has 0 saturated carbocycles. The van der Waals surface area contributed by atoms with Crippen molar-refractivity contribution >= 4 is 0 Å². The van der Waals surface area contributed by atoms with Crippen molar-refractivity contribution in [1.82, 2.24) is 0 Å². The van der Waals surface area contributed by atoms with E-state index in [1.807, 2.05) is 0 Å². The van der Waals surface area contributed by atoms with E-state index in [1.54, 1.807) is 0 Å². The largest absolute Gasteiger partial charge is 0.0628 e. The van der Waals surface area contributed by atoms with Gasteiger partial charge in [0, 0.05) is 0 Å². The van der Waals surface area contributed by atoms with Gasteiger partial charge in [0.15, 0.2) is 0 Å². The van der Waals surface area contributed by atoms with Gasteiger partial charge in [0.05, 0.1) is 0 Å². The highest BCUT2D eigenvalue weighted by molar-refractivity contribution is 4.73. The molecule has 0 heteroatoms. The molecule has 0 heterocycles. The summed E-state index contributed by atoms with van der Waals surface area (Å²) in [5.41, 5.74) is 1.09. The second-order valence-electron chi connectivity index (χ2n) is 24.9. The van der Waals surface area contributed by atoms with Crippen molar-refractivity contribution in [1.29, 1.82) is 0 Å². The summed E-state index contributed by atoms with van der Waals surface area (Å²) in [5.74, 6) is 10.5. The third-order valence-electron chi connectivity index (χ3n) is 10.9. The third kappa shape index (κ3) is 80.6. The van der Waals surface area contributed by atoms with Crippen molar-refractivity contribution in [3.8, 4) is 0 Å². The van der Waals surface area contributed by atoms with Crippen LogP contribution in [0.1, 0.15) is 290 Å². The molecule has 57 heavy (non-hydrogen) atoms. The van der Waals surface area contributed by atoms with Gasteiger partial charge in [-0.15, -0.1) is 0 Å². The van der Waals surface area contributed by atoms with Crippen molar-refractivity contribution in [3.63, 3.8) is 0 Å². The minimum absolute atomic E-state index is 0.532. The summed E-state index contributed by atoms with van der Waals surface area (Å²) in [4.78, 5) is 0. The van der Waals surface area contributed by atoms with Gasteiger partial charge in [-0.25, -0.2) is 0 Å². The van der Waals surface area contributed by atoms with Crippen molar-refractivity contribution in [3.05, 3.63) is 0 Å². The van der Waals surface area contributed by atoms with Crippen LogP contribution in [-0.4, -0.2) is 0 Å². The molecule has 0 rings (SSSR count). The van der Waals surface area contributed by atoms with Gasteiger partial charge in [0.1, 0.15) is 0 Å². The summed E-state index contributed by atoms with van der Waals surface area (Å²) in [6.07, 6.45) is 20.9. The van der Waals surface area contributed by atoms with Crippen LogP contribution < -0.4 is 0 Å². The molecule has 0 amide bonds. The van der Waals surface area contributed by atoms with E-state index in [2.05, 4.69) is 194 Å². The molecular formula is C57H126. The zero-order valence-electron chi connectivity index (χ0n) is 46.5. The Labute approximate surface area is 370 Å². The topological polar surface area (TPSA) is 0 Å². The molecule has 0 nitrogen and oxygen atoms in total. The van der Waals surface area contributed by atoms with E-state index in [0.29, 0.717) is 10.8 Å². The Morgan fingerprint density at radius 1 is 0.263 bits per heavy atom. The first kappa shape index (κ1) is 68.7. The number of hydrogen-bond donors (Lipinski definition) is 0. The van der Waals surface area contributed by atoms with Crippen LogP contribution in [0.25, 0.3) is 0 Å². The summed E-state index contributed by atoms with van der Waals surface area (Å²) in [7, 11) is 0. The standard InChI is InChI=1S/C12H26.C11H24.C10H22.C9H20.C8H18.C7H16/c1-10(2)7-8-12(5,6)9-11(3)4;1-9(2)7-8-11(5,6)10(3)4;1-9(2)7-5-6-8-10(3)4;1-8(2)6-5-7-9(3)4;1-7(2)5-6-8(3)4;1-6(2)5-7(3)4/h10-11H,7-9H2,1-6H3;9-10H,7-8H2,1-6H3;9-10H,5-8H2,1-4H3;8-9H,5-7H2,1-4H3;7-8H,5-6H2,1-4H3;6-7H,5H2,1-4H3. The molecule has 0 aromatic rings. The van der Waals surface area contributed by atoms with Gasteiger partial charge in [0.2, 0.25) is 0 Å². The maximum absolute atomic E-state index is 2.40. The van der Waals surface area contributed by atoms with Crippen LogP contribution >= 0.6 is 0 Å². The molecule has 0 aliphatic carbocycles. The van der Waals surface area contributed by atoms with Crippen molar-refractivity contribution in [2.45, 2.75) is 290 Å². The quantitative estimate of drug-likeness (QED) is 0.0902. The zero-order chi connectivity index (χ0) is 46.5. The Morgan fingerprint density at radius 3 is 0.737 bits per heavy atom. The Kier molecular flexibility index (Phi) is 51.5. The maximum Gasteiger partial charge on any atom is -0.0331 e. The van der Waals surface area contributed by atoms with E-state index in [0.717, 1.165) is 71.0 Å². The molecule has 0 aliphatic rings. The molecule has 0 fully saturated rings. The summed E-state index contributed by atoms with van der Waals surface area (Å²) in [5, 5.41) is 0. The van der Waals surface area contributed by atoms with E-state index in [-0.39, 0.29) is 0 Å². The van der Waals surface area contributed by atoms with Crippen LogP contribution in [0, 0.1) is 81.8 Å². The zero-order valence-corrected chi connectivity index (χ0v) is 46.5. The van der Waals surface area contributed by atoms with E-state index >= 15 is 0 Å². The summed E-state index contributed by atoms with van der Waals surface area (Å²) >= 11 is 0. The van der Waals surface area contributed by atoms with Crippen LogP contribution in [0.5, 0.6) is 0 Å². The van der Waals surface area contributed by atoms with Crippen molar-refractivity contribution in [2.24, 2.45) is 81.8 Å². The molecule has 0 saturated heterocycles. The molecule has 0 spiro atoms. The average molecular weight is 812 g/mol. The maximum atomic E-state index is 2.40. The van der Waals surface area contributed by atoms with Gasteiger partial charge in [-0.05, 0) is 108 Å². The molecule has 0 unspecified atom stereocenters. The first-order valence-electron chi connectivity index (χ1n) is 25.7. The van der Waals surface area contributed by atoms with Crippen molar-refractivity contribution < 1.29 is 0 Å². The molecular weight excluding hydrogens is 685 g/mol. The fourth-order valence-electron chi connectivity index (χ4n) is 6.49. The lowest BCUT2D eigenvalue weighted by Gasteiger charge is -2.29. The predicted molar refractivity (Wildman–Crippen MR) is 275 cm³/mol. The van der Waals surface area contributed by atoms with Gasteiger partial charge in [-0.1, -0.05) is 264 Å². The van der Waals surface area contributed by atoms with Gasteiger partial charge >= 0.3 is 0 Å². The second-order valence-corrected chi connectivity index (χ2v) is 24.9. The monoisotopic (exact) mass is 811 g/mol. The normalized spacial score (nSPS) is 12.0. The first-order valence-corrected chi connectivity index (χ1v) is 25.7. The Hall–Kier alpha value is 0. The van der Waals surface area contributed by atoms with E-state index < -0.39 is 0 Å². The van der Waals surface area contributed by atoms with E-state index in [9.17, 15) is 0 Å². The molecule has 354 valence electrons. The molecule has 0 aromatic heterocycles. The fraction of sp³-hybridized carbons (Fsp3) is 1.00. The van der Waals surface area contributed by atoms with Gasteiger partial charge < -0.3 is 0 Å². The average Bonchev–Trinajstić information content (AvgIpc) is 3.00. The highest BCUT2D eigenvalue weighted by Gasteiger charge is 2.22. The SMILES string of the molecule is CC(C)CC(C)C.CC(C)CCC(C)(C)C(C)C.CC(C)CCC(C)(C)CC(C)C.CC(C)CCC(C)C.CC(C)CCCC(C)C.CC(C)CCCCC(C)C. The lowest BCUT2D eigenvalue weighted by atomic mass is 9.76. The number of rotatable bonds is 23. The Balaban J connectivity index is -0.000000138. The second kappa shape index (κ2) is 42.7. The fourth-order valence-corrected chi connectivity index (χ4v) is 6.49. The molecule has 0 aliphatic heterocycles. The van der Waals surface area contributed by atoms with Gasteiger partial charge in [-0.2, -0.15) is 0 Å². The van der Waals surface area contributed by atoms with Crippen LogP contribution in [0.2, 0.25) is 0 Å². The Bertz CT molecular complexity index is 689. The smallest absolute Gasteiger partial charge is 0.0331 e. The van der Waals surface area contributed by atoms with E-state index in [1.165, 1.54) is 96.3 Å². The van der Waals surface area contributed by atoms with Crippen LogP contribution in [-0.2, 0) is 0 Å². The van der Waals surface area contributed by atoms with Crippen LogP contribution in [0.4, 0.5) is 0 Å². The molecule has 0 radical (unpaired) electrons. The molecule has 0 N–H and O–H groups in total. The summed E-state index contributed by atoms with van der Waals surface area (Å²) < 4.78 is 0. The highest BCUT2D eigenvalue weighted by atomic mass is 14.3. The van der Waals surface area contributed by atoms with Crippen molar-refractivity contribution in [2.75, 3.05) is 0 Å². The lowest BCUT2D eigenvalue weighted by molar-refractivity contribution is 0.213. The lowest BCUT2D eigenvalue weighted by Crippen LogP contribution is -2.19. The first-order chi connectivity index (χ1) is 25.7. The van der Waals surface area contributed by atoms with Crippen LogP contribution in [0.3, 0.4) is 0 Å². The number of unbranched alkanes of at least 4 members (excludes halogenated alkanes) is 1. The highest BCUT2D eigenvalue weighted by Crippen LogP contribution is 2.33. The number of hydrogen-bond acceptors (Lipinski definition) is 0.